The molecule has 0 unspecified atom stereocenters. The Morgan fingerprint density at radius 2 is 1.71 bits per heavy atom. The lowest BCUT2D eigenvalue weighted by molar-refractivity contribution is -0.132. The lowest BCUT2D eigenvalue weighted by atomic mass is 10.1. The minimum Gasteiger partial charge on any atom is -0.347 e. The zero-order valence-electron chi connectivity index (χ0n) is 16.9. The summed E-state index contributed by atoms with van der Waals surface area (Å²) in [6, 6.07) is 12.4. The smallest absolute Gasteiger partial charge is 0.321 e. The van der Waals surface area contributed by atoms with E-state index in [0.717, 1.165) is 0 Å². The highest BCUT2D eigenvalue weighted by atomic mass is 35.5. The molecular formula is C22H24ClFN4O3. The van der Waals surface area contributed by atoms with E-state index in [1.54, 1.807) is 40.1 Å². The molecule has 1 heterocycles. The van der Waals surface area contributed by atoms with Crippen LogP contribution in [0.2, 0.25) is 5.02 Å². The van der Waals surface area contributed by atoms with Crippen LogP contribution in [0, 0.1) is 5.82 Å². The first-order chi connectivity index (χ1) is 14.9. The molecule has 1 saturated heterocycles. The molecule has 2 aromatic carbocycles. The minimum absolute atomic E-state index is 0.00247. The highest BCUT2D eigenvalue weighted by Gasteiger charge is 2.22. The van der Waals surface area contributed by atoms with Gasteiger partial charge in [0.25, 0.3) is 0 Å². The van der Waals surface area contributed by atoms with E-state index < -0.39 is 5.82 Å². The van der Waals surface area contributed by atoms with Gasteiger partial charge in [-0.2, -0.15) is 0 Å². The van der Waals surface area contributed by atoms with E-state index >= 15 is 0 Å². The SMILES string of the molecule is O=C(Cc1cccc(F)c1)NCC(=O)N1CCCN(C(=O)Nc2cccc(Cl)c2)CC1. The van der Waals surface area contributed by atoms with Crippen molar-refractivity contribution >= 4 is 35.1 Å². The number of anilines is 1. The van der Waals surface area contributed by atoms with Gasteiger partial charge in [-0.1, -0.05) is 29.8 Å². The van der Waals surface area contributed by atoms with Gasteiger partial charge < -0.3 is 20.4 Å². The van der Waals surface area contributed by atoms with Crippen molar-refractivity contribution < 1.29 is 18.8 Å². The number of carbonyl (C=O) groups is 3. The standard InChI is InChI=1S/C22H24ClFN4O3/c23-17-5-2-7-19(14-17)26-22(31)28-9-3-8-27(10-11-28)21(30)15-25-20(29)13-16-4-1-6-18(24)12-16/h1-2,4-7,12,14H,3,8-11,13,15H2,(H,25,29)(H,26,31). The fourth-order valence-corrected chi connectivity index (χ4v) is 3.51. The van der Waals surface area contributed by atoms with E-state index in [9.17, 15) is 18.8 Å². The number of amides is 4. The Hall–Kier alpha value is -3.13. The number of rotatable bonds is 5. The number of carbonyl (C=O) groups excluding carboxylic acids is 3. The van der Waals surface area contributed by atoms with Gasteiger partial charge in [-0.15, -0.1) is 0 Å². The molecule has 0 aromatic heterocycles. The lowest BCUT2D eigenvalue weighted by Crippen LogP contribution is -2.43. The van der Waals surface area contributed by atoms with Crippen molar-refractivity contribution in [1.29, 1.82) is 0 Å². The summed E-state index contributed by atoms with van der Waals surface area (Å²) in [5.74, 6) is -0.976. The predicted octanol–water partition coefficient (Wildman–Crippen LogP) is 2.90. The topological polar surface area (TPSA) is 81.8 Å². The lowest BCUT2D eigenvalue weighted by Gasteiger charge is -2.22. The minimum atomic E-state index is -0.408. The van der Waals surface area contributed by atoms with E-state index in [2.05, 4.69) is 10.6 Å². The summed E-state index contributed by atoms with van der Waals surface area (Å²) in [4.78, 5) is 40.3. The number of halogens is 2. The van der Waals surface area contributed by atoms with Crippen LogP contribution in [0.3, 0.4) is 0 Å². The maximum absolute atomic E-state index is 13.2. The van der Waals surface area contributed by atoms with Crippen LogP contribution in [0.15, 0.2) is 48.5 Å². The van der Waals surface area contributed by atoms with Crippen molar-refractivity contribution in [2.75, 3.05) is 38.0 Å². The Morgan fingerprint density at radius 1 is 0.968 bits per heavy atom. The summed E-state index contributed by atoms with van der Waals surface area (Å²) in [5.41, 5.74) is 1.15. The van der Waals surface area contributed by atoms with E-state index in [1.807, 2.05) is 0 Å². The Morgan fingerprint density at radius 3 is 2.48 bits per heavy atom. The second-order valence-electron chi connectivity index (χ2n) is 7.25. The molecule has 1 aliphatic heterocycles. The molecule has 31 heavy (non-hydrogen) atoms. The van der Waals surface area contributed by atoms with Crippen molar-refractivity contribution in [3.63, 3.8) is 0 Å². The van der Waals surface area contributed by atoms with E-state index in [1.165, 1.54) is 18.2 Å². The van der Waals surface area contributed by atoms with E-state index in [4.69, 9.17) is 11.6 Å². The van der Waals surface area contributed by atoms with Crippen molar-refractivity contribution in [3.05, 3.63) is 64.9 Å². The van der Waals surface area contributed by atoms with E-state index in [0.29, 0.717) is 48.9 Å². The van der Waals surface area contributed by atoms with Gasteiger partial charge in [-0.25, -0.2) is 9.18 Å². The number of hydrogen-bond donors (Lipinski definition) is 2. The summed E-state index contributed by atoms with van der Waals surface area (Å²) in [7, 11) is 0. The van der Waals surface area contributed by atoms with Crippen molar-refractivity contribution in [1.82, 2.24) is 15.1 Å². The van der Waals surface area contributed by atoms with Crippen molar-refractivity contribution in [2.45, 2.75) is 12.8 Å². The molecular weight excluding hydrogens is 423 g/mol. The average Bonchev–Trinajstić information content (AvgIpc) is 2.98. The number of nitrogens with zero attached hydrogens (tertiary/aromatic N) is 2. The second-order valence-corrected chi connectivity index (χ2v) is 7.68. The molecule has 3 rings (SSSR count). The summed E-state index contributed by atoms with van der Waals surface area (Å²) in [6.45, 7) is 1.64. The molecule has 0 bridgehead atoms. The Balaban J connectivity index is 1.44. The number of nitrogens with one attached hydrogen (secondary N) is 2. The monoisotopic (exact) mass is 446 g/mol. The summed E-state index contributed by atoms with van der Waals surface area (Å²) in [5, 5.41) is 5.92. The van der Waals surface area contributed by atoms with E-state index in [-0.39, 0.29) is 30.8 Å². The van der Waals surface area contributed by atoms with Crippen LogP contribution in [0.1, 0.15) is 12.0 Å². The first-order valence-electron chi connectivity index (χ1n) is 10.0. The third-order valence-electron chi connectivity index (χ3n) is 4.90. The number of hydrogen-bond acceptors (Lipinski definition) is 3. The summed E-state index contributed by atoms with van der Waals surface area (Å²) >= 11 is 5.94. The Bertz CT molecular complexity index is 956. The van der Waals surface area contributed by atoms with Gasteiger partial charge in [0.05, 0.1) is 13.0 Å². The van der Waals surface area contributed by atoms with Gasteiger partial charge in [0.1, 0.15) is 5.82 Å². The zero-order chi connectivity index (χ0) is 22.2. The Kier molecular flexibility index (Phi) is 7.83. The largest absolute Gasteiger partial charge is 0.347 e. The van der Waals surface area contributed by atoms with Gasteiger partial charge >= 0.3 is 6.03 Å². The molecule has 0 aliphatic carbocycles. The molecule has 2 aromatic rings. The van der Waals surface area contributed by atoms with Crippen LogP contribution in [0.25, 0.3) is 0 Å². The predicted molar refractivity (Wildman–Crippen MR) is 116 cm³/mol. The molecule has 2 N–H and O–H groups in total. The fraction of sp³-hybridized carbons (Fsp3) is 0.318. The van der Waals surface area contributed by atoms with Crippen molar-refractivity contribution in [2.24, 2.45) is 0 Å². The first kappa shape index (κ1) is 22.6. The summed E-state index contributed by atoms with van der Waals surface area (Å²) in [6.07, 6.45) is 0.633. The highest BCUT2D eigenvalue weighted by molar-refractivity contribution is 6.30. The molecule has 0 radical (unpaired) electrons. The maximum Gasteiger partial charge on any atom is 0.321 e. The van der Waals surface area contributed by atoms with Gasteiger partial charge in [0, 0.05) is 36.9 Å². The van der Waals surface area contributed by atoms with Gasteiger partial charge in [0.2, 0.25) is 11.8 Å². The normalized spacial score (nSPS) is 14.0. The first-order valence-corrected chi connectivity index (χ1v) is 10.4. The van der Waals surface area contributed by atoms with Crippen LogP contribution >= 0.6 is 11.6 Å². The molecule has 164 valence electrons. The third-order valence-corrected chi connectivity index (χ3v) is 5.14. The van der Waals surface area contributed by atoms with Gasteiger partial charge in [0.15, 0.2) is 0 Å². The van der Waals surface area contributed by atoms with Gasteiger partial charge in [-0.05, 0) is 42.3 Å². The Labute approximate surface area is 185 Å². The molecule has 0 spiro atoms. The number of urea groups is 1. The summed E-state index contributed by atoms with van der Waals surface area (Å²) < 4.78 is 13.2. The molecule has 9 heteroatoms. The van der Waals surface area contributed by atoms with Crippen LogP contribution < -0.4 is 10.6 Å². The third kappa shape index (κ3) is 6.96. The maximum atomic E-state index is 13.2. The number of benzene rings is 2. The quantitative estimate of drug-likeness (QED) is 0.741. The average molecular weight is 447 g/mol. The fourth-order valence-electron chi connectivity index (χ4n) is 3.32. The van der Waals surface area contributed by atoms with Crippen LogP contribution in [0.4, 0.5) is 14.9 Å². The molecule has 1 fully saturated rings. The molecule has 4 amide bonds. The zero-order valence-corrected chi connectivity index (χ0v) is 17.7. The molecule has 0 saturated carbocycles. The molecule has 7 nitrogen and oxygen atoms in total. The van der Waals surface area contributed by atoms with Crippen molar-refractivity contribution in [3.8, 4) is 0 Å². The molecule has 1 aliphatic rings. The molecule has 0 atom stereocenters. The van der Waals surface area contributed by atoms with Gasteiger partial charge in [-0.3, -0.25) is 9.59 Å². The highest BCUT2D eigenvalue weighted by Crippen LogP contribution is 2.16. The van der Waals surface area contributed by atoms with Crippen LogP contribution in [-0.2, 0) is 16.0 Å². The van der Waals surface area contributed by atoms with Crippen LogP contribution in [0.5, 0.6) is 0 Å². The van der Waals surface area contributed by atoms with Crippen LogP contribution in [-0.4, -0.2) is 60.4 Å². The second kappa shape index (κ2) is 10.8.